The van der Waals surface area contributed by atoms with Gasteiger partial charge >= 0.3 is 0 Å². The van der Waals surface area contributed by atoms with Gasteiger partial charge in [-0.1, -0.05) is 41.5 Å². The molecule has 0 aliphatic heterocycles. The molecule has 0 aromatic heterocycles. The van der Waals surface area contributed by atoms with Crippen molar-refractivity contribution in [2.45, 2.75) is 32.6 Å². The van der Waals surface area contributed by atoms with Gasteiger partial charge in [-0.2, -0.15) is 0 Å². The molecule has 1 aromatic carbocycles. The highest BCUT2D eigenvalue weighted by Crippen LogP contribution is 2.48. The molecule has 0 saturated heterocycles. The first-order valence-corrected chi connectivity index (χ1v) is 6.55. The van der Waals surface area contributed by atoms with Gasteiger partial charge in [-0.15, -0.1) is 0 Å². The molecule has 2 rings (SSSR count). The van der Waals surface area contributed by atoms with Gasteiger partial charge in [0.05, 0.1) is 13.2 Å². The summed E-state index contributed by atoms with van der Waals surface area (Å²) in [4.78, 5) is 0. The van der Waals surface area contributed by atoms with Crippen LogP contribution in [0.2, 0.25) is 0 Å². The highest BCUT2D eigenvalue weighted by molar-refractivity contribution is 5.30. The van der Waals surface area contributed by atoms with Gasteiger partial charge in [0.25, 0.3) is 0 Å². The van der Waals surface area contributed by atoms with Crippen LogP contribution in [0.1, 0.15) is 38.2 Å². The number of rotatable bonds is 3. The maximum atomic E-state index is 9.79. The summed E-state index contributed by atoms with van der Waals surface area (Å²) in [6, 6.07) is 10.2. The van der Waals surface area contributed by atoms with Gasteiger partial charge in [0.1, 0.15) is 0 Å². The topological polar surface area (TPSA) is 40.5 Å². The lowest BCUT2D eigenvalue weighted by Crippen LogP contribution is -2.39. The minimum absolute atomic E-state index is 0.0354. The van der Waals surface area contributed by atoms with E-state index in [1.807, 2.05) is 18.2 Å². The molecule has 2 heteroatoms. The molecule has 0 unspecified atom stereocenters. The highest BCUT2D eigenvalue weighted by atomic mass is 16.3. The second-order valence-electron chi connectivity index (χ2n) is 5.58. The van der Waals surface area contributed by atoms with Crippen molar-refractivity contribution in [2.24, 2.45) is 5.41 Å². The van der Waals surface area contributed by atoms with E-state index in [1.165, 1.54) is 16.7 Å². The largest absolute Gasteiger partial charge is 0.396 e. The molecule has 1 aromatic rings. The quantitative estimate of drug-likeness (QED) is 0.805. The van der Waals surface area contributed by atoms with E-state index in [9.17, 15) is 10.2 Å². The lowest BCUT2D eigenvalue weighted by atomic mass is 9.63. The zero-order chi connectivity index (χ0) is 13.2. The SMILES string of the molecule is CC1=C(C)CC(CO)(CO)[C@H](c2ccccc2)C1. The number of allylic oxidation sites excluding steroid dienone is 2. The van der Waals surface area contributed by atoms with Gasteiger partial charge < -0.3 is 10.2 Å². The van der Waals surface area contributed by atoms with Crippen molar-refractivity contribution in [1.82, 2.24) is 0 Å². The minimum Gasteiger partial charge on any atom is -0.396 e. The predicted octanol–water partition coefficient (Wildman–Crippen LogP) is 2.87. The second kappa shape index (κ2) is 5.25. The van der Waals surface area contributed by atoms with Gasteiger partial charge in [0, 0.05) is 5.41 Å². The first-order chi connectivity index (χ1) is 8.63. The summed E-state index contributed by atoms with van der Waals surface area (Å²) in [5, 5.41) is 19.6. The standard InChI is InChI=1S/C16H22O2/c1-12-8-15(14-6-4-3-5-7-14)16(10-17,11-18)9-13(12)2/h3-7,15,17-18H,8-11H2,1-2H3/t15-/m0/s1. The van der Waals surface area contributed by atoms with Gasteiger partial charge in [0.2, 0.25) is 0 Å². The van der Waals surface area contributed by atoms with Gasteiger partial charge in [-0.25, -0.2) is 0 Å². The monoisotopic (exact) mass is 246 g/mol. The molecule has 98 valence electrons. The summed E-state index contributed by atoms with van der Waals surface area (Å²) in [5.41, 5.74) is 3.50. The van der Waals surface area contributed by atoms with E-state index in [1.54, 1.807) is 0 Å². The molecule has 1 aliphatic rings. The van der Waals surface area contributed by atoms with Gasteiger partial charge in [0.15, 0.2) is 0 Å². The molecule has 1 atom stereocenters. The van der Waals surface area contributed by atoms with Crippen molar-refractivity contribution in [1.29, 1.82) is 0 Å². The van der Waals surface area contributed by atoms with Crippen LogP contribution in [0.5, 0.6) is 0 Å². The Bertz CT molecular complexity index is 430. The summed E-state index contributed by atoms with van der Waals surface area (Å²) < 4.78 is 0. The molecule has 0 spiro atoms. The van der Waals surface area contributed by atoms with Crippen LogP contribution in [-0.2, 0) is 0 Å². The molecular weight excluding hydrogens is 224 g/mol. The number of aliphatic hydroxyl groups excluding tert-OH is 2. The van der Waals surface area contributed by atoms with Crippen molar-refractivity contribution in [3.05, 3.63) is 47.0 Å². The first kappa shape index (κ1) is 13.3. The summed E-state index contributed by atoms with van der Waals surface area (Å²) in [5.74, 6) is 0.206. The van der Waals surface area contributed by atoms with Crippen LogP contribution in [0.3, 0.4) is 0 Å². The maximum absolute atomic E-state index is 9.79. The Balaban J connectivity index is 2.43. The Morgan fingerprint density at radius 1 is 1.06 bits per heavy atom. The molecule has 1 aliphatic carbocycles. The molecular formula is C16H22O2. The maximum Gasteiger partial charge on any atom is 0.0518 e. The molecule has 2 nitrogen and oxygen atoms in total. The van der Waals surface area contributed by atoms with Crippen LogP contribution in [0.4, 0.5) is 0 Å². The third-order valence-electron chi connectivity index (χ3n) is 4.43. The third kappa shape index (κ3) is 2.23. The van der Waals surface area contributed by atoms with Crippen molar-refractivity contribution in [3.63, 3.8) is 0 Å². The van der Waals surface area contributed by atoms with Crippen molar-refractivity contribution in [3.8, 4) is 0 Å². The average molecular weight is 246 g/mol. The Morgan fingerprint density at radius 2 is 1.67 bits per heavy atom. The van der Waals surface area contributed by atoms with E-state index in [0.717, 1.165) is 12.8 Å². The smallest absolute Gasteiger partial charge is 0.0518 e. The Hall–Kier alpha value is -1.12. The van der Waals surface area contributed by atoms with Crippen LogP contribution < -0.4 is 0 Å². The van der Waals surface area contributed by atoms with Gasteiger partial charge in [-0.3, -0.25) is 0 Å². The second-order valence-corrected chi connectivity index (χ2v) is 5.58. The molecule has 0 radical (unpaired) electrons. The molecule has 2 N–H and O–H groups in total. The van der Waals surface area contributed by atoms with Crippen molar-refractivity contribution < 1.29 is 10.2 Å². The van der Waals surface area contributed by atoms with Gasteiger partial charge in [-0.05, 0) is 38.2 Å². The zero-order valence-corrected chi connectivity index (χ0v) is 11.2. The first-order valence-electron chi connectivity index (χ1n) is 6.55. The van der Waals surface area contributed by atoms with Crippen LogP contribution in [0.25, 0.3) is 0 Å². The molecule has 18 heavy (non-hydrogen) atoms. The molecule has 0 heterocycles. The normalized spacial score (nSPS) is 23.2. The summed E-state index contributed by atoms with van der Waals surface area (Å²) in [6.07, 6.45) is 1.71. The number of aliphatic hydroxyl groups is 2. The Kier molecular flexibility index (Phi) is 3.88. The Morgan fingerprint density at radius 3 is 2.22 bits per heavy atom. The van der Waals surface area contributed by atoms with Crippen molar-refractivity contribution >= 4 is 0 Å². The van der Waals surface area contributed by atoms with Crippen LogP contribution in [0, 0.1) is 5.41 Å². The van der Waals surface area contributed by atoms with Crippen molar-refractivity contribution in [2.75, 3.05) is 13.2 Å². The molecule has 0 saturated carbocycles. The molecule has 0 amide bonds. The summed E-state index contributed by atoms with van der Waals surface area (Å²) in [6.45, 7) is 4.34. The Labute approximate surface area is 109 Å². The summed E-state index contributed by atoms with van der Waals surface area (Å²) >= 11 is 0. The van der Waals surface area contributed by atoms with E-state index in [0.29, 0.717) is 0 Å². The molecule has 0 fully saturated rings. The van der Waals surface area contributed by atoms with Crippen LogP contribution >= 0.6 is 0 Å². The fourth-order valence-electron chi connectivity index (χ4n) is 3.04. The lowest BCUT2D eigenvalue weighted by molar-refractivity contribution is 0.0253. The zero-order valence-electron chi connectivity index (χ0n) is 11.2. The number of hydrogen-bond acceptors (Lipinski definition) is 2. The fraction of sp³-hybridized carbons (Fsp3) is 0.500. The number of hydrogen-bond donors (Lipinski definition) is 2. The van der Waals surface area contributed by atoms with E-state index in [-0.39, 0.29) is 19.1 Å². The van der Waals surface area contributed by atoms with E-state index < -0.39 is 5.41 Å². The third-order valence-corrected chi connectivity index (χ3v) is 4.43. The minimum atomic E-state index is -0.412. The summed E-state index contributed by atoms with van der Waals surface area (Å²) in [7, 11) is 0. The molecule has 0 bridgehead atoms. The van der Waals surface area contributed by atoms with E-state index >= 15 is 0 Å². The highest BCUT2D eigenvalue weighted by Gasteiger charge is 2.41. The van der Waals surface area contributed by atoms with Crippen LogP contribution in [-0.4, -0.2) is 23.4 Å². The average Bonchev–Trinajstić information content (AvgIpc) is 2.42. The van der Waals surface area contributed by atoms with E-state index in [4.69, 9.17) is 0 Å². The lowest BCUT2D eigenvalue weighted by Gasteiger charge is -2.43. The predicted molar refractivity (Wildman–Crippen MR) is 73.4 cm³/mol. The van der Waals surface area contributed by atoms with E-state index in [2.05, 4.69) is 26.0 Å². The van der Waals surface area contributed by atoms with Crippen LogP contribution in [0.15, 0.2) is 41.5 Å². The number of benzene rings is 1. The fourth-order valence-corrected chi connectivity index (χ4v) is 3.04.